The van der Waals surface area contributed by atoms with Gasteiger partial charge in [0.2, 0.25) is 5.91 Å². The number of aliphatic carboxylic acids is 1. The van der Waals surface area contributed by atoms with Gasteiger partial charge in [0.05, 0.1) is 0 Å². The van der Waals surface area contributed by atoms with Crippen molar-refractivity contribution in [2.45, 2.75) is 26.3 Å². The molecule has 5 heteroatoms. The van der Waals surface area contributed by atoms with Crippen molar-refractivity contribution >= 4 is 23.6 Å². The molecule has 1 aromatic rings. The summed E-state index contributed by atoms with van der Waals surface area (Å²) >= 11 is 0. The summed E-state index contributed by atoms with van der Waals surface area (Å²) in [4.78, 5) is 24.2. The molecule has 1 atom stereocenters. The lowest BCUT2D eigenvalue weighted by atomic mass is 10.1. The number of carbonyl (C=O) groups excluding carboxylic acids is 1. The summed E-state index contributed by atoms with van der Waals surface area (Å²) in [6, 6.07) is 7.00. The Kier molecular flexibility index (Phi) is 5.77. The topological polar surface area (TPSA) is 83.6 Å². The van der Waals surface area contributed by atoms with Crippen LogP contribution in [0.3, 0.4) is 0 Å². The average molecular weight is 276 g/mol. The molecule has 5 nitrogen and oxygen atoms in total. The van der Waals surface area contributed by atoms with Gasteiger partial charge in [0.15, 0.2) is 0 Å². The molecular weight excluding hydrogens is 256 g/mol. The first kappa shape index (κ1) is 15.8. The number of rotatable bonds is 6. The fourth-order valence-corrected chi connectivity index (χ4v) is 1.74. The number of hydrogen-bond acceptors (Lipinski definition) is 3. The van der Waals surface area contributed by atoms with Gasteiger partial charge in [-0.05, 0) is 37.1 Å². The van der Waals surface area contributed by atoms with Gasteiger partial charge in [-0.2, -0.15) is 0 Å². The second-order valence-electron chi connectivity index (χ2n) is 4.62. The predicted molar refractivity (Wildman–Crippen MR) is 79.0 cm³/mol. The SMILES string of the molecule is CCC(C)N(CC(=O)O)C(=O)/C=C/c1cccc(N)c1. The molecule has 0 bridgehead atoms. The Morgan fingerprint density at radius 3 is 2.70 bits per heavy atom. The largest absolute Gasteiger partial charge is 0.480 e. The molecule has 0 heterocycles. The molecule has 1 aromatic carbocycles. The molecule has 0 aromatic heterocycles. The third-order valence-corrected chi connectivity index (χ3v) is 3.04. The van der Waals surface area contributed by atoms with Gasteiger partial charge in [0.25, 0.3) is 0 Å². The highest BCUT2D eigenvalue weighted by Gasteiger charge is 2.19. The van der Waals surface area contributed by atoms with E-state index in [9.17, 15) is 9.59 Å². The predicted octanol–water partition coefficient (Wildman–Crippen LogP) is 1.99. The van der Waals surface area contributed by atoms with Gasteiger partial charge < -0.3 is 15.7 Å². The second kappa shape index (κ2) is 7.33. The molecule has 0 aliphatic rings. The van der Waals surface area contributed by atoms with Crippen LogP contribution >= 0.6 is 0 Å². The summed E-state index contributed by atoms with van der Waals surface area (Å²) in [5.74, 6) is -1.33. The maximum absolute atomic E-state index is 12.1. The van der Waals surface area contributed by atoms with Crippen molar-refractivity contribution in [3.63, 3.8) is 0 Å². The van der Waals surface area contributed by atoms with Crippen LogP contribution in [0.5, 0.6) is 0 Å². The summed E-state index contributed by atoms with van der Waals surface area (Å²) in [6.45, 7) is 3.44. The van der Waals surface area contributed by atoms with Gasteiger partial charge in [-0.3, -0.25) is 9.59 Å². The maximum atomic E-state index is 12.1. The van der Waals surface area contributed by atoms with Crippen molar-refractivity contribution in [2.24, 2.45) is 0 Å². The zero-order valence-corrected chi connectivity index (χ0v) is 11.7. The molecule has 0 spiro atoms. The molecule has 0 saturated heterocycles. The summed E-state index contributed by atoms with van der Waals surface area (Å²) in [6.07, 6.45) is 3.71. The standard InChI is InChI=1S/C15H20N2O3/c1-3-11(2)17(10-15(19)20)14(18)8-7-12-5-4-6-13(16)9-12/h4-9,11H,3,10,16H2,1-2H3,(H,19,20)/b8-7+. The van der Waals surface area contributed by atoms with Gasteiger partial charge in [-0.25, -0.2) is 0 Å². The first-order valence-electron chi connectivity index (χ1n) is 6.50. The number of hydrogen-bond donors (Lipinski definition) is 2. The lowest BCUT2D eigenvalue weighted by molar-refractivity contribution is -0.144. The Labute approximate surface area is 118 Å². The summed E-state index contributed by atoms with van der Waals surface area (Å²) in [7, 11) is 0. The summed E-state index contributed by atoms with van der Waals surface area (Å²) in [5, 5.41) is 8.86. The van der Waals surface area contributed by atoms with Crippen LogP contribution in [0, 0.1) is 0 Å². The minimum atomic E-state index is -1.02. The van der Waals surface area contributed by atoms with E-state index in [2.05, 4.69) is 0 Å². The molecule has 0 saturated carbocycles. The van der Waals surface area contributed by atoms with E-state index in [0.717, 1.165) is 5.56 Å². The molecule has 0 aliphatic carbocycles. The number of nitrogens with zero attached hydrogens (tertiary/aromatic N) is 1. The number of anilines is 1. The average Bonchev–Trinajstić information content (AvgIpc) is 2.41. The molecule has 1 rings (SSSR count). The van der Waals surface area contributed by atoms with E-state index in [0.29, 0.717) is 12.1 Å². The number of nitrogens with two attached hydrogens (primary N) is 1. The van der Waals surface area contributed by atoms with E-state index in [-0.39, 0.29) is 18.5 Å². The number of carboxylic acids is 1. The van der Waals surface area contributed by atoms with Gasteiger partial charge >= 0.3 is 5.97 Å². The van der Waals surface area contributed by atoms with Gasteiger partial charge in [-0.15, -0.1) is 0 Å². The zero-order chi connectivity index (χ0) is 15.1. The third kappa shape index (κ3) is 4.76. The van der Waals surface area contributed by atoms with E-state index in [1.165, 1.54) is 11.0 Å². The fraction of sp³-hybridized carbons (Fsp3) is 0.333. The number of benzene rings is 1. The molecule has 1 unspecified atom stereocenters. The second-order valence-corrected chi connectivity index (χ2v) is 4.62. The highest BCUT2D eigenvalue weighted by Crippen LogP contribution is 2.10. The first-order valence-corrected chi connectivity index (χ1v) is 6.50. The van der Waals surface area contributed by atoms with Crippen LogP contribution < -0.4 is 5.73 Å². The molecule has 108 valence electrons. The number of carbonyl (C=O) groups is 2. The Hall–Kier alpha value is -2.30. The van der Waals surface area contributed by atoms with Gasteiger partial charge in [0.1, 0.15) is 6.54 Å². The lowest BCUT2D eigenvalue weighted by Crippen LogP contribution is -2.40. The van der Waals surface area contributed by atoms with E-state index in [1.54, 1.807) is 24.3 Å². The smallest absolute Gasteiger partial charge is 0.323 e. The molecule has 0 fully saturated rings. The van der Waals surface area contributed by atoms with Crippen LogP contribution in [-0.2, 0) is 9.59 Å². The maximum Gasteiger partial charge on any atom is 0.323 e. The normalized spacial score (nSPS) is 12.3. The Morgan fingerprint density at radius 1 is 1.45 bits per heavy atom. The molecule has 3 N–H and O–H groups in total. The van der Waals surface area contributed by atoms with Crippen molar-refractivity contribution in [2.75, 3.05) is 12.3 Å². The van der Waals surface area contributed by atoms with Gasteiger partial charge in [0, 0.05) is 17.8 Å². The van der Waals surface area contributed by atoms with Crippen LogP contribution in [0.15, 0.2) is 30.3 Å². The molecular formula is C15H20N2O3. The number of carboxylic acid groups (broad SMARTS) is 1. The minimum Gasteiger partial charge on any atom is -0.480 e. The van der Waals surface area contributed by atoms with Crippen molar-refractivity contribution in [3.8, 4) is 0 Å². The van der Waals surface area contributed by atoms with Crippen molar-refractivity contribution < 1.29 is 14.7 Å². The van der Waals surface area contributed by atoms with Crippen LogP contribution in [0.25, 0.3) is 6.08 Å². The van der Waals surface area contributed by atoms with E-state index in [1.807, 2.05) is 19.9 Å². The molecule has 0 radical (unpaired) electrons. The molecule has 0 aliphatic heterocycles. The van der Waals surface area contributed by atoms with Crippen molar-refractivity contribution in [1.82, 2.24) is 4.90 Å². The Balaban J connectivity index is 2.82. The fourth-order valence-electron chi connectivity index (χ4n) is 1.74. The Morgan fingerprint density at radius 2 is 2.15 bits per heavy atom. The van der Waals surface area contributed by atoms with E-state index in [4.69, 9.17) is 10.8 Å². The quantitative estimate of drug-likeness (QED) is 0.615. The first-order chi connectivity index (χ1) is 9.43. The summed E-state index contributed by atoms with van der Waals surface area (Å²) in [5.41, 5.74) is 7.07. The third-order valence-electron chi connectivity index (χ3n) is 3.04. The Bertz CT molecular complexity index is 512. The number of nitrogen functional groups attached to an aromatic ring is 1. The van der Waals surface area contributed by atoms with E-state index < -0.39 is 5.97 Å². The summed E-state index contributed by atoms with van der Waals surface area (Å²) < 4.78 is 0. The van der Waals surface area contributed by atoms with E-state index >= 15 is 0 Å². The van der Waals surface area contributed by atoms with Crippen LogP contribution in [-0.4, -0.2) is 34.5 Å². The monoisotopic (exact) mass is 276 g/mol. The van der Waals surface area contributed by atoms with Crippen LogP contribution in [0.1, 0.15) is 25.8 Å². The minimum absolute atomic E-state index is 0.121. The number of amides is 1. The lowest BCUT2D eigenvalue weighted by Gasteiger charge is -2.25. The van der Waals surface area contributed by atoms with Crippen molar-refractivity contribution in [1.29, 1.82) is 0 Å². The molecule has 1 amide bonds. The highest BCUT2D eigenvalue weighted by atomic mass is 16.4. The van der Waals surface area contributed by atoms with Crippen molar-refractivity contribution in [3.05, 3.63) is 35.9 Å². The van der Waals surface area contributed by atoms with Gasteiger partial charge in [-0.1, -0.05) is 19.1 Å². The molecule has 20 heavy (non-hydrogen) atoms. The van der Waals surface area contributed by atoms with Crippen LogP contribution in [0.4, 0.5) is 5.69 Å². The van der Waals surface area contributed by atoms with Crippen LogP contribution in [0.2, 0.25) is 0 Å². The highest BCUT2D eigenvalue weighted by molar-refractivity contribution is 5.93. The zero-order valence-electron chi connectivity index (χ0n) is 11.7.